The Labute approximate surface area is 109 Å². The first kappa shape index (κ1) is 10.9. The fourth-order valence-electron chi connectivity index (χ4n) is 2.29. The molecule has 0 bridgehead atoms. The number of hydrogen-bond acceptors (Lipinski definition) is 1. The van der Waals surface area contributed by atoms with Gasteiger partial charge in [0, 0.05) is 0 Å². The van der Waals surface area contributed by atoms with E-state index < -0.39 is 0 Å². The fourth-order valence-corrected chi connectivity index (χ4v) is 4.54. The van der Waals surface area contributed by atoms with E-state index in [2.05, 4.69) is 67.3 Å². The van der Waals surface area contributed by atoms with E-state index in [1.165, 1.54) is 20.3 Å². The van der Waals surface area contributed by atoms with Gasteiger partial charge in [-0.2, -0.15) is 0 Å². The van der Waals surface area contributed by atoms with E-state index in [-0.39, 0.29) is 0 Å². The van der Waals surface area contributed by atoms with Crippen molar-refractivity contribution < 1.29 is 0 Å². The Morgan fingerprint density at radius 3 is 1.76 bits per heavy atom. The van der Waals surface area contributed by atoms with Crippen molar-refractivity contribution in [3.05, 3.63) is 48.5 Å². The van der Waals surface area contributed by atoms with E-state index in [1.807, 2.05) is 0 Å². The third-order valence-electron chi connectivity index (χ3n) is 2.99. The fraction of sp³-hybridized carbons (Fsp3) is 0.200. The minimum atomic E-state index is 0.443. The average Bonchev–Trinajstić information content (AvgIpc) is 2.35. The van der Waals surface area contributed by atoms with Gasteiger partial charge < -0.3 is 0 Å². The number of benzene rings is 2. The van der Waals surface area contributed by atoms with E-state index in [9.17, 15) is 0 Å². The number of hydrogen-bond donors (Lipinski definition) is 0. The molecule has 0 spiro atoms. The Morgan fingerprint density at radius 2 is 1.29 bits per heavy atom. The van der Waals surface area contributed by atoms with Crippen molar-refractivity contribution in [3.63, 3.8) is 0 Å². The van der Waals surface area contributed by atoms with Crippen LogP contribution in [0.4, 0.5) is 11.4 Å². The van der Waals surface area contributed by atoms with Gasteiger partial charge in [0.2, 0.25) is 0 Å². The molecule has 0 unspecified atom stereocenters. The van der Waals surface area contributed by atoms with Crippen LogP contribution >= 0.6 is 0 Å². The van der Waals surface area contributed by atoms with Gasteiger partial charge in [-0.3, -0.25) is 0 Å². The van der Waals surface area contributed by atoms with Gasteiger partial charge in [0.15, 0.2) is 0 Å². The van der Waals surface area contributed by atoms with Crippen molar-refractivity contribution in [3.8, 4) is 0 Å². The molecule has 3 rings (SSSR count). The van der Waals surface area contributed by atoms with Crippen molar-refractivity contribution in [2.75, 3.05) is 4.90 Å². The maximum absolute atomic E-state index is 2.45. The van der Waals surface area contributed by atoms with E-state index in [0.29, 0.717) is 21.0 Å². The zero-order chi connectivity index (χ0) is 11.8. The predicted octanol–water partition coefficient (Wildman–Crippen LogP) is 2.20. The van der Waals surface area contributed by atoms with Crippen LogP contribution in [0, 0.1) is 0 Å². The molecule has 86 valence electrons. The summed E-state index contributed by atoms with van der Waals surface area (Å²) in [7, 11) is 0. The molecule has 1 nitrogen and oxygen atoms in total. The van der Waals surface area contributed by atoms with Gasteiger partial charge in [0.25, 0.3) is 0 Å². The third kappa shape index (κ3) is 1.78. The Bertz CT molecular complexity index is 503. The summed E-state index contributed by atoms with van der Waals surface area (Å²) < 4.78 is 2.99. The molecular formula is C15H15NSe. The Kier molecular flexibility index (Phi) is 2.70. The molecule has 2 aromatic rings. The van der Waals surface area contributed by atoms with E-state index in [0.717, 1.165) is 0 Å². The molecule has 0 amide bonds. The molecule has 2 heteroatoms. The van der Waals surface area contributed by atoms with Crippen molar-refractivity contribution in [2.45, 2.75) is 19.9 Å². The summed E-state index contributed by atoms with van der Waals surface area (Å²) in [5.74, 6) is 0. The Hall–Kier alpha value is -1.24. The topological polar surface area (TPSA) is 3.24 Å². The van der Waals surface area contributed by atoms with Gasteiger partial charge in [-0.25, -0.2) is 0 Å². The van der Waals surface area contributed by atoms with Crippen LogP contribution in [-0.4, -0.2) is 21.0 Å². The van der Waals surface area contributed by atoms with E-state index in [1.54, 1.807) is 0 Å². The maximum atomic E-state index is 2.45. The molecule has 2 aromatic carbocycles. The van der Waals surface area contributed by atoms with Crippen LogP contribution in [-0.2, 0) is 0 Å². The van der Waals surface area contributed by atoms with Crippen molar-refractivity contribution >= 4 is 35.3 Å². The molecule has 0 radical (unpaired) electrons. The molecule has 0 aromatic heterocycles. The molecular weight excluding hydrogens is 273 g/mol. The molecule has 0 saturated heterocycles. The van der Waals surface area contributed by atoms with Crippen molar-refractivity contribution in [1.29, 1.82) is 0 Å². The molecule has 0 saturated carbocycles. The number of para-hydroxylation sites is 2. The molecule has 1 aliphatic heterocycles. The van der Waals surface area contributed by atoms with Crippen LogP contribution in [0.5, 0.6) is 0 Å². The summed E-state index contributed by atoms with van der Waals surface area (Å²) in [6.45, 7) is 4.51. The zero-order valence-corrected chi connectivity index (χ0v) is 11.8. The second-order valence-corrected chi connectivity index (χ2v) is 6.78. The standard InChI is InChI=1S/C15H15NSe/c1-11(2)16-12-7-3-5-9-14(12)17-15-10-6-4-8-13(15)16/h3-11H,1-2H3. The summed E-state index contributed by atoms with van der Waals surface area (Å²) in [5.41, 5.74) is 2.78. The molecule has 0 aliphatic carbocycles. The summed E-state index contributed by atoms with van der Waals surface area (Å²) >= 11 is 0.443. The molecule has 1 heterocycles. The van der Waals surface area contributed by atoms with Crippen LogP contribution in [0.3, 0.4) is 0 Å². The number of anilines is 2. The van der Waals surface area contributed by atoms with Gasteiger partial charge in [-0.15, -0.1) is 0 Å². The second kappa shape index (κ2) is 4.21. The zero-order valence-electron chi connectivity index (χ0n) is 10.1. The normalized spacial score (nSPS) is 13.5. The van der Waals surface area contributed by atoms with Crippen LogP contribution in [0.25, 0.3) is 0 Å². The first-order valence-corrected chi connectivity index (χ1v) is 7.64. The van der Waals surface area contributed by atoms with Crippen LogP contribution in [0.15, 0.2) is 48.5 Å². The Morgan fingerprint density at radius 1 is 0.824 bits per heavy atom. The van der Waals surface area contributed by atoms with Crippen LogP contribution in [0.2, 0.25) is 0 Å². The van der Waals surface area contributed by atoms with Crippen molar-refractivity contribution in [1.82, 2.24) is 0 Å². The monoisotopic (exact) mass is 289 g/mol. The summed E-state index contributed by atoms with van der Waals surface area (Å²) in [6, 6.07) is 18.1. The van der Waals surface area contributed by atoms with Crippen molar-refractivity contribution in [2.24, 2.45) is 0 Å². The van der Waals surface area contributed by atoms with Crippen LogP contribution < -0.4 is 13.8 Å². The number of rotatable bonds is 1. The van der Waals surface area contributed by atoms with Gasteiger partial charge in [0.05, 0.1) is 0 Å². The number of nitrogens with zero attached hydrogens (tertiary/aromatic N) is 1. The molecule has 0 fully saturated rings. The van der Waals surface area contributed by atoms with E-state index >= 15 is 0 Å². The molecule has 0 atom stereocenters. The summed E-state index contributed by atoms with van der Waals surface area (Å²) in [5, 5.41) is 0. The molecule has 0 N–H and O–H groups in total. The third-order valence-corrected chi connectivity index (χ3v) is 5.36. The average molecular weight is 288 g/mol. The minimum absolute atomic E-state index is 0.443. The quantitative estimate of drug-likeness (QED) is 0.727. The van der Waals surface area contributed by atoms with Gasteiger partial charge in [0.1, 0.15) is 0 Å². The predicted molar refractivity (Wildman–Crippen MR) is 75.2 cm³/mol. The first-order chi connectivity index (χ1) is 8.27. The number of fused-ring (bicyclic) bond motifs is 2. The first-order valence-electron chi connectivity index (χ1n) is 5.92. The second-order valence-electron chi connectivity index (χ2n) is 4.50. The Balaban J connectivity index is 2.21. The summed E-state index contributed by atoms with van der Waals surface area (Å²) in [4.78, 5) is 2.45. The summed E-state index contributed by atoms with van der Waals surface area (Å²) in [6.07, 6.45) is 0. The van der Waals surface area contributed by atoms with Gasteiger partial charge in [-0.1, -0.05) is 0 Å². The van der Waals surface area contributed by atoms with Gasteiger partial charge >= 0.3 is 109 Å². The SMILES string of the molecule is CC(C)N1c2ccccc2[Se]c2ccccc21. The van der Waals surface area contributed by atoms with Gasteiger partial charge in [-0.05, 0) is 0 Å². The van der Waals surface area contributed by atoms with Crippen LogP contribution in [0.1, 0.15) is 13.8 Å². The van der Waals surface area contributed by atoms with E-state index in [4.69, 9.17) is 0 Å². The molecule has 17 heavy (non-hydrogen) atoms. The molecule has 1 aliphatic rings.